The van der Waals surface area contributed by atoms with Gasteiger partial charge in [-0.25, -0.2) is 4.79 Å². The molecule has 2 aliphatic carbocycles. The van der Waals surface area contributed by atoms with Crippen LogP contribution < -0.4 is 21.1 Å². The van der Waals surface area contributed by atoms with Gasteiger partial charge in [0, 0.05) is 17.7 Å². The average Bonchev–Trinajstić information content (AvgIpc) is 3.34. The Morgan fingerprint density at radius 3 is 2.57 bits per heavy atom. The SMILES string of the molecule is Cc1cc(Br)c(OC2C=C(C(=O)NC(C)C(N)=O)CC(OC(=O)Nc3ccccc3)C2O)c2c1CCC2. The molecule has 10 heteroatoms. The van der Waals surface area contributed by atoms with Crippen molar-refractivity contribution in [2.75, 3.05) is 5.32 Å². The van der Waals surface area contributed by atoms with E-state index in [-0.39, 0.29) is 12.0 Å². The third-order valence-electron chi connectivity index (χ3n) is 6.63. The third-order valence-corrected chi connectivity index (χ3v) is 7.22. The lowest BCUT2D eigenvalue weighted by atomic mass is 9.91. The van der Waals surface area contributed by atoms with Crippen molar-refractivity contribution in [2.45, 2.75) is 63.9 Å². The van der Waals surface area contributed by atoms with E-state index in [1.807, 2.05) is 19.1 Å². The van der Waals surface area contributed by atoms with Crippen LogP contribution in [0.1, 0.15) is 36.5 Å². The van der Waals surface area contributed by atoms with Crippen LogP contribution in [0.15, 0.2) is 52.5 Å². The summed E-state index contributed by atoms with van der Waals surface area (Å²) in [6.45, 7) is 3.52. The predicted octanol–water partition coefficient (Wildman–Crippen LogP) is 3.29. The first-order valence-corrected chi connectivity index (χ1v) is 12.9. The summed E-state index contributed by atoms with van der Waals surface area (Å²) in [5, 5.41) is 16.3. The van der Waals surface area contributed by atoms with Crippen LogP contribution in [0.25, 0.3) is 0 Å². The molecule has 2 aromatic carbocycles. The van der Waals surface area contributed by atoms with Crippen LogP contribution in [0.5, 0.6) is 5.75 Å². The van der Waals surface area contributed by atoms with Gasteiger partial charge in [0.1, 0.15) is 30.1 Å². The van der Waals surface area contributed by atoms with Crippen molar-refractivity contribution in [1.29, 1.82) is 0 Å². The molecule has 0 aromatic heterocycles. The van der Waals surface area contributed by atoms with Gasteiger partial charge in [0.25, 0.3) is 0 Å². The van der Waals surface area contributed by atoms with Crippen molar-refractivity contribution < 1.29 is 29.0 Å². The zero-order chi connectivity index (χ0) is 26.7. The van der Waals surface area contributed by atoms with Crippen molar-refractivity contribution in [3.05, 3.63) is 69.2 Å². The molecule has 0 fully saturated rings. The summed E-state index contributed by atoms with van der Waals surface area (Å²) in [6.07, 6.45) is 0.103. The summed E-state index contributed by atoms with van der Waals surface area (Å²) in [7, 11) is 0. The molecular weight excluding hydrogens is 542 g/mol. The molecule has 9 nitrogen and oxygen atoms in total. The first-order valence-electron chi connectivity index (χ1n) is 12.1. The van der Waals surface area contributed by atoms with Gasteiger partial charge in [-0.3, -0.25) is 14.9 Å². The molecule has 196 valence electrons. The van der Waals surface area contributed by atoms with Gasteiger partial charge in [0.2, 0.25) is 11.8 Å². The molecular formula is C27H30BrN3O6. The molecule has 0 radical (unpaired) electrons. The second-order valence-electron chi connectivity index (χ2n) is 9.32. The number of primary amides is 1. The Kier molecular flexibility index (Phi) is 8.19. The Morgan fingerprint density at radius 2 is 1.86 bits per heavy atom. The van der Waals surface area contributed by atoms with E-state index in [0.29, 0.717) is 11.4 Å². The molecule has 0 aliphatic heterocycles. The number of carbonyl (C=O) groups excluding carboxylic acids is 3. The average molecular weight is 572 g/mol. The molecule has 0 saturated carbocycles. The van der Waals surface area contributed by atoms with Gasteiger partial charge < -0.3 is 25.6 Å². The van der Waals surface area contributed by atoms with Crippen LogP contribution in [0.4, 0.5) is 10.5 Å². The molecule has 4 atom stereocenters. The topological polar surface area (TPSA) is 140 Å². The molecule has 2 aromatic rings. The van der Waals surface area contributed by atoms with E-state index in [4.69, 9.17) is 15.2 Å². The highest BCUT2D eigenvalue weighted by Crippen LogP contribution is 2.40. The Balaban J connectivity index is 1.60. The van der Waals surface area contributed by atoms with Crippen LogP contribution >= 0.6 is 15.9 Å². The number of fused-ring (bicyclic) bond motifs is 1. The van der Waals surface area contributed by atoms with Crippen molar-refractivity contribution >= 4 is 39.5 Å². The van der Waals surface area contributed by atoms with Crippen LogP contribution in [-0.4, -0.2) is 47.4 Å². The van der Waals surface area contributed by atoms with Gasteiger partial charge in [0.05, 0.1) is 4.47 Å². The van der Waals surface area contributed by atoms with Crippen molar-refractivity contribution in [3.63, 3.8) is 0 Å². The van der Waals surface area contributed by atoms with Crippen LogP contribution in [-0.2, 0) is 27.2 Å². The summed E-state index contributed by atoms with van der Waals surface area (Å²) in [5.74, 6) is -0.651. The zero-order valence-electron chi connectivity index (χ0n) is 20.6. The van der Waals surface area contributed by atoms with E-state index < -0.39 is 42.3 Å². The number of hydrogen-bond acceptors (Lipinski definition) is 6. The van der Waals surface area contributed by atoms with Crippen molar-refractivity contribution in [2.24, 2.45) is 5.73 Å². The highest BCUT2D eigenvalue weighted by Gasteiger charge is 2.39. The lowest BCUT2D eigenvalue weighted by Gasteiger charge is -2.34. The number of benzene rings is 2. The molecule has 5 N–H and O–H groups in total. The van der Waals surface area contributed by atoms with E-state index in [2.05, 4.69) is 26.6 Å². The molecule has 0 heterocycles. The Morgan fingerprint density at radius 1 is 1.16 bits per heavy atom. The summed E-state index contributed by atoms with van der Waals surface area (Å²) < 4.78 is 12.6. The minimum Gasteiger partial charge on any atom is -0.482 e. The fourth-order valence-electron chi connectivity index (χ4n) is 4.64. The largest absolute Gasteiger partial charge is 0.482 e. The number of ether oxygens (including phenoxy) is 2. The third kappa shape index (κ3) is 6.14. The first-order chi connectivity index (χ1) is 17.6. The number of aliphatic hydroxyl groups excluding tert-OH is 1. The number of anilines is 1. The fraction of sp³-hybridized carbons (Fsp3) is 0.370. The monoisotopic (exact) mass is 571 g/mol. The minimum absolute atomic E-state index is 0.0757. The normalized spacial score (nSPS) is 21.3. The number of para-hydroxylation sites is 1. The number of halogens is 1. The van der Waals surface area contributed by atoms with Gasteiger partial charge in [-0.1, -0.05) is 18.2 Å². The number of amides is 3. The number of hydrogen-bond donors (Lipinski definition) is 4. The number of aliphatic hydroxyl groups is 1. The zero-order valence-corrected chi connectivity index (χ0v) is 22.2. The van der Waals surface area contributed by atoms with Gasteiger partial charge in [-0.15, -0.1) is 0 Å². The summed E-state index contributed by atoms with van der Waals surface area (Å²) in [5.41, 5.74) is 9.46. The van der Waals surface area contributed by atoms with E-state index in [9.17, 15) is 19.5 Å². The predicted molar refractivity (Wildman–Crippen MR) is 141 cm³/mol. The van der Waals surface area contributed by atoms with Crippen LogP contribution in [0, 0.1) is 6.92 Å². The second kappa shape index (κ2) is 11.4. The Bertz CT molecular complexity index is 1230. The van der Waals surface area contributed by atoms with Gasteiger partial charge in [-0.05, 0) is 90.0 Å². The van der Waals surface area contributed by atoms with Gasteiger partial charge in [-0.2, -0.15) is 0 Å². The molecule has 4 rings (SSSR count). The standard InChI is InChI=1S/C27H30BrN3O6/c1-14-11-20(28)24(19-10-6-9-18(14)19)36-21-12-16(26(34)30-15(2)25(29)33)13-22(23(21)32)37-27(35)31-17-7-4-3-5-8-17/h3-5,7-8,11-12,15,21-23,32H,6,9-10,13H2,1-2H3,(H2,29,33)(H,30,34)(H,31,35). The molecule has 37 heavy (non-hydrogen) atoms. The van der Waals surface area contributed by atoms with Gasteiger partial charge in [0.15, 0.2) is 0 Å². The lowest BCUT2D eigenvalue weighted by Crippen LogP contribution is -2.49. The smallest absolute Gasteiger partial charge is 0.412 e. The molecule has 4 unspecified atom stereocenters. The molecule has 3 amide bonds. The maximum atomic E-state index is 12.9. The summed E-state index contributed by atoms with van der Waals surface area (Å²) in [6, 6.07) is 9.80. The second-order valence-corrected chi connectivity index (χ2v) is 10.2. The summed E-state index contributed by atoms with van der Waals surface area (Å²) >= 11 is 3.58. The fourth-order valence-corrected chi connectivity index (χ4v) is 5.32. The Labute approximate surface area is 223 Å². The minimum atomic E-state index is -1.25. The highest BCUT2D eigenvalue weighted by molar-refractivity contribution is 9.10. The molecule has 0 saturated heterocycles. The van der Waals surface area contributed by atoms with Crippen molar-refractivity contribution in [1.82, 2.24) is 5.32 Å². The van der Waals surface area contributed by atoms with E-state index in [1.54, 1.807) is 24.3 Å². The number of carbonyl (C=O) groups is 3. The number of nitrogens with one attached hydrogen (secondary N) is 2. The molecule has 0 spiro atoms. The maximum absolute atomic E-state index is 12.9. The molecule has 0 bridgehead atoms. The first kappa shape index (κ1) is 26.7. The van der Waals surface area contributed by atoms with E-state index in [1.165, 1.54) is 18.6 Å². The number of aryl methyl sites for hydroxylation is 1. The highest BCUT2D eigenvalue weighted by atomic mass is 79.9. The van der Waals surface area contributed by atoms with E-state index >= 15 is 0 Å². The van der Waals surface area contributed by atoms with Crippen LogP contribution in [0.2, 0.25) is 0 Å². The van der Waals surface area contributed by atoms with E-state index in [0.717, 1.165) is 34.9 Å². The number of rotatable bonds is 7. The number of nitrogens with two attached hydrogens (primary N) is 1. The quantitative estimate of drug-likeness (QED) is 0.402. The lowest BCUT2D eigenvalue weighted by molar-refractivity contribution is -0.125. The Hall–Kier alpha value is -3.37. The van der Waals surface area contributed by atoms with Crippen molar-refractivity contribution in [3.8, 4) is 5.75 Å². The maximum Gasteiger partial charge on any atom is 0.412 e. The van der Waals surface area contributed by atoms with Gasteiger partial charge >= 0.3 is 6.09 Å². The van der Waals surface area contributed by atoms with Crippen LogP contribution in [0.3, 0.4) is 0 Å². The summed E-state index contributed by atoms with van der Waals surface area (Å²) in [4.78, 5) is 37.0. The molecule has 2 aliphatic rings.